The van der Waals surface area contributed by atoms with E-state index >= 15 is 0 Å². The van der Waals surface area contributed by atoms with Crippen LogP contribution in [0.1, 0.15) is 34.8 Å². The molecule has 0 radical (unpaired) electrons. The lowest BCUT2D eigenvalue weighted by atomic mass is 10.1. The molecule has 2 aliphatic rings. The van der Waals surface area contributed by atoms with Crippen molar-refractivity contribution in [3.63, 3.8) is 0 Å². The van der Waals surface area contributed by atoms with Gasteiger partial charge in [0.2, 0.25) is 0 Å². The van der Waals surface area contributed by atoms with Crippen molar-refractivity contribution in [3.05, 3.63) is 65.2 Å². The summed E-state index contributed by atoms with van der Waals surface area (Å²) in [5.41, 5.74) is 7.88. The van der Waals surface area contributed by atoms with Gasteiger partial charge in [-0.05, 0) is 49.4 Å². The highest BCUT2D eigenvalue weighted by atomic mass is 16.6. The van der Waals surface area contributed by atoms with Crippen LogP contribution in [-0.2, 0) is 14.3 Å². The summed E-state index contributed by atoms with van der Waals surface area (Å²) in [5, 5.41) is 9.02. The summed E-state index contributed by atoms with van der Waals surface area (Å²) in [6, 6.07) is 15.1. The van der Waals surface area contributed by atoms with Crippen LogP contribution in [0.2, 0.25) is 0 Å². The topological polar surface area (TPSA) is 142 Å². The maximum Gasteiger partial charge on any atom is 0.414 e. The molecule has 2 aromatic rings. The van der Waals surface area contributed by atoms with Gasteiger partial charge in [-0.2, -0.15) is 10.3 Å². The Labute approximate surface area is 227 Å². The molecule has 2 fully saturated rings. The number of esters is 1. The highest BCUT2D eigenvalue weighted by molar-refractivity contribution is 6.09. The van der Waals surface area contributed by atoms with E-state index in [4.69, 9.17) is 20.5 Å². The Morgan fingerprint density at radius 3 is 2.51 bits per heavy atom. The first-order chi connectivity index (χ1) is 18.9. The average molecular weight is 533 g/mol. The predicted molar refractivity (Wildman–Crippen MR) is 144 cm³/mol. The number of hydrogen-bond acceptors (Lipinski definition) is 8. The molecule has 11 nitrogen and oxygen atoms in total. The number of nitriles is 1. The van der Waals surface area contributed by atoms with Gasteiger partial charge < -0.3 is 20.1 Å². The number of nitrogens with two attached hydrogens (primary N) is 1. The van der Waals surface area contributed by atoms with Gasteiger partial charge in [0, 0.05) is 56.1 Å². The SMILES string of the molecule is CCOC(=O)CCN1CCN(CC2CN(c3ccc(C(N)=NC(=O)c4cccc(C#N)c4)cc3)C(=O)O2)CC1. The van der Waals surface area contributed by atoms with Gasteiger partial charge in [0.05, 0.1) is 31.2 Å². The van der Waals surface area contributed by atoms with E-state index in [0.29, 0.717) is 49.5 Å². The van der Waals surface area contributed by atoms with Gasteiger partial charge in [-0.25, -0.2) is 4.79 Å². The van der Waals surface area contributed by atoms with Gasteiger partial charge in [-0.1, -0.05) is 6.07 Å². The number of ether oxygens (including phenoxy) is 2. The number of anilines is 1. The molecule has 2 aliphatic heterocycles. The summed E-state index contributed by atoms with van der Waals surface area (Å²) in [5.74, 6) is -0.673. The van der Waals surface area contributed by atoms with Crippen molar-refractivity contribution in [2.45, 2.75) is 19.4 Å². The second kappa shape index (κ2) is 13.0. The van der Waals surface area contributed by atoms with Crippen LogP contribution in [0, 0.1) is 11.3 Å². The lowest BCUT2D eigenvalue weighted by Gasteiger charge is -2.35. The van der Waals surface area contributed by atoms with Crippen molar-refractivity contribution >= 4 is 29.5 Å². The third-order valence-corrected chi connectivity index (χ3v) is 6.67. The van der Waals surface area contributed by atoms with Crippen LogP contribution >= 0.6 is 0 Å². The summed E-state index contributed by atoms with van der Waals surface area (Å²) in [6.07, 6.45) is -0.266. The highest BCUT2D eigenvalue weighted by Crippen LogP contribution is 2.23. The molecule has 0 bridgehead atoms. The molecule has 204 valence electrons. The van der Waals surface area contributed by atoms with E-state index in [0.717, 1.165) is 26.2 Å². The lowest BCUT2D eigenvalue weighted by molar-refractivity contribution is -0.143. The summed E-state index contributed by atoms with van der Waals surface area (Å²) >= 11 is 0. The molecule has 4 rings (SSSR count). The van der Waals surface area contributed by atoms with E-state index in [1.807, 2.05) is 6.07 Å². The number of piperazine rings is 1. The number of nitrogens with zero attached hydrogens (tertiary/aromatic N) is 5. The minimum Gasteiger partial charge on any atom is -0.466 e. The third-order valence-electron chi connectivity index (χ3n) is 6.67. The van der Waals surface area contributed by atoms with Crippen molar-refractivity contribution < 1.29 is 23.9 Å². The number of carbonyl (C=O) groups is 3. The number of cyclic esters (lactones) is 1. The highest BCUT2D eigenvalue weighted by Gasteiger charge is 2.34. The van der Waals surface area contributed by atoms with Crippen molar-refractivity contribution in [1.29, 1.82) is 5.26 Å². The zero-order chi connectivity index (χ0) is 27.8. The molecule has 0 aromatic heterocycles. The normalized spacial score (nSPS) is 18.5. The molecule has 2 heterocycles. The molecule has 1 atom stereocenters. The molecule has 2 N–H and O–H groups in total. The maximum atomic E-state index is 12.6. The molecule has 0 aliphatic carbocycles. The van der Waals surface area contributed by atoms with Crippen LogP contribution in [0.3, 0.4) is 0 Å². The standard InChI is InChI=1S/C28H32N6O5/c1-2-38-25(35)10-11-32-12-14-33(15-13-32)18-24-19-34(28(37)39-24)23-8-6-21(7-9-23)26(30)31-27(36)22-5-3-4-20(16-22)17-29/h3-9,16,24H,2,10-15,18-19H2,1H3,(H2,30,31,36). The number of benzene rings is 2. The minimum atomic E-state index is -0.542. The minimum absolute atomic E-state index is 0.0391. The Hall–Kier alpha value is -4.27. The van der Waals surface area contributed by atoms with Crippen LogP contribution in [0.4, 0.5) is 10.5 Å². The Bertz CT molecular complexity index is 1260. The van der Waals surface area contributed by atoms with Gasteiger partial charge in [0.25, 0.3) is 5.91 Å². The Morgan fingerprint density at radius 2 is 1.82 bits per heavy atom. The quantitative estimate of drug-likeness (QED) is 0.291. The van der Waals surface area contributed by atoms with Crippen molar-refractivity contribution in [3.8, 4) is 6.07 Å². The lowest BCUT2D eigenvalue weighted by Crippen LogP contribution is -2.49. The van der Waals surface area contributed by atoms with Crippen molar-refractivity contribution in [2.24, 2.45) is 10.7 Å². The first kappa shape index (κ1) is 27.8. The van der Waals surface area contributed by atoms with Crippen LogP contribution < -0.4 is 10.6 Å². The zero-order valence-electron chi connectivity index (χ0n) is 21.9. The predicted octanol–water partition coefficient (Wildman–Crippen LogP) is 2.00. The number of amidine groups is 1. The van der Waals surface area contributed by atoms with E-state index in [2.05, 4.69) is 14.8 Å². The van der Waals surface area contributed by atoms with E-state index in [1.165, 1.54) is 6.07 Å². The molecular weight excluding hydrogens is 500 g/mol. The summed E-state index contributed by atoms with van der Waals surface area (Å²) in [4.78, 5) is 46.6. The molecule has 0 spiro atoms. The zero-order valence-corrected chi connectivity index (χ0v) is 21.9. The van der Waals surface area contributed by atoms with Crippen molar-refractivity contribution in [2.75, 3.05) is 57.3 Å². The van der Waals surface area contributed by atoms with Gasteiger partial charge >= 0.3 is 12.1 Å². The molecule has 39 heavy (non-hydrogen) atoms. The molecule has 1 unspecified atom stereocenters. The summed E-state index contributed by atoms with van der Waals surface area (Å²) in [6.45, 7) is 7.33. The molecular formula is C28H32N6O5. The van der Waals surface area contributed by atoms with Gasteiger partial charge in [-0.3, -0.25) is 19.4 Å². The molecule has 2 aromatic carbocycles. The Morgan fingerprint density at radius 1 is 1.10 bits per heavy atom. The fourth-order valence-electron chi connectivity index (χ4n) is 4.57. The number of amides is 2. The number of carbonyl (C=O) groups excluding carboxylic acids is 3. The first-order valence-electron chi connectivity index (χ1n) is 12.9. The second-order valence-corrected chi connectivity index (χ2v) is 9.36. The largest absolute Gasteiger partial charge is 0.466 e. The molecule has 11 heteroatoms. The van der Waals surface area contributed by atoms with Crippen LogP contribution in [0.15, 0.2) is 53.5 Å². The van der Waals surface area contributed by atoms with E-state index in [-0.39, 0.29) is 23.5 Å². The van der Waals surface area contributed by atoms with E-state index < -0.39 is 12.0 Å². The first-order valence-corrected chi connectivity index (χ1v) is 12.9. The van der Waals surface area contributed by atoms with Gasteiger partial charge in [0.1, 0.15) is 11.9 Å². The number of rotatable bonds is 9. The summed E-state index contributed by atoms with van der Waals surface area (Å²) in [7, 11) is 0. The van der Waals surface area contributed by atoms with Gasteiger partial charge in [0.15, 0.2) is 0 Å². The fourth-order valence-corrected chi connectivity index (χ4v) is 4.57. The van der Waals surface area contributed by atoms with Crippen LogP contribution in [-0.4, -0.2) is 92.1 Å². The van der Waals surface area contributed by atoms with Gasteiger partial charge in [-0.15, -0.1) is 0 Å². The molecule has 2 saturated heterocycles. The fraction of sp³-hybridized carbons (Fsp3) is 0.393. The Kier molecular flexibility index (Phi) is 9.25. The van der Waals surface area contributed by atoms with Crippen LogP contribution in [0.25, 0.3) is 0 Å². The Balaban J connectivity index is 1.28. The van der Waals surface area contributed by atoms with E-state index in [1.54, 1.807) is 54.3 Å². The van der Waals surface area contributed by atoms with Crippen molar-refractivity contribution in [1.82, 2.24) is 9.80 Å². The summed E-state index contributed by atoms with van der Waals surface area (Å²) < 4.78 is 10.6. The third kappa shape index (κ3) is 7.40. The smallest absolute Gasteiger partial charge is 0.414 e. The van der Waals surface area contributed by atoms with Crippen LogP contribution in [0.5, 0.6) is 0 Å². The average Bonchev–Trinajstić information content (AvgIpc) is 3.32. The number of aliphatic imine (C=N–C) groups is 1. The van der Waals surface area contributed by atoms with E-state index in [9.17, 15) is 14.4 Å². The number of hydrogen-bond donors (Lipinski definition) is 1. The second-order valence-electron chi connectivity index (χ2n) is 9.36. The molecule has 0 saturated carbocycles. The monoisotopic (exact) mass is 532 g/mol. The molecule has 2 amide bonds. The maximum absolute atomic E-state index is 12.6.